The Morgan fingerprint density at radius 1 is 1.31 bits per heavy atom. The second-order valence-corrected chi connectivity index (χ2v) is 7.24. The lowest BCUT2D eigenvalue weighted by Crippen LogP contribution is -2.37. The summed E-state index contributed by atoms with van der Waals surface area (Å²) in [6, 6.07) is 2.62. The van der Waals surface area contributed by atoms with Gasteiger partial charge in [-0.1, -0.05) is 12.1 Å². The van der Waals surface area contributed by atoms with Gasteiger partial charge >= 0.3 is 6.18 Å². The molecule has 0 spiro atoms. The quantitative estimate of drug-likeness (QED) is 0.754. The van der Waals surface area contributed by atoms with Crippen LogP contribution >= 0.6 is 0 Å². The van der Waals surface area contributed by atoms with Gasteiger partial charge in [-0.05, 0) is 30.5 Å². The van der Waals surface area contributed by atoms with Crippen LogP contribution in [0.3, 0.4) is 0 Å². The second-order valence-electron chi connectivity index (χ2n) is 7.24. The van der Waals surface area contributed by atoms with Crippen molar-refractivity contribution in [3.63, 3.8) is 0 Å². The van der Waals surface area contributed by atoms with Crippen molar-refractivity contribution in [3.8, 4) is 0 Å². The Kier molecular flexibility index (Phi) is 5.20. The van der Waals surface area contributed by atoms with Gasteiger partial charge in [-0.2, -0.15) is 18.3 Å². The Hall–Kier alpha value is -2.62. The largest absolute Gasteiger partial charge is 0.410 e. The predicted molar refractivity (Wildman–Crippen MR) is 96.0 cm³/mol. The lowest BCUT2D eigenvalue weighted by atomic mass is 9.96. The molecule has 1 saturated heterocycles. The summed E-state index contributed by atoms with van der Waals surface area (Å²) >= 11 is 0. The highest BCUT2D eigenvalue weighted by Gasteiger charge is 2.47. The number of alkyl halides is 3. The molecule has 0 unspecified atom stereocenters. The van der Waals surface area contributed by atoms with E-state index in [0.29, 0.717) is 12.2 Å². The minimum atomic E-state index is -4.55. The average molecular weight is 412 g/mol. The van der Waals surface area contributed by atoms with Crippen molar-refractivity contribution in [2.24, 2.45) is 0 Å². The molecule has 10 heteroatoms. The molecule has 3 atom stereocenters. The van der Waals surface area contributed by atoms with E-state index in [2.05, 4.69) is 15.7 Å². The first kappa shape index (κ1) is 19.7. The molecule has 1 aromatic heterocycles. The summed E-state index contributed by atoms with van der Waals surface area (Å²) in [6.07, 6.45) is -2.08. The predicted octanol–water partition coefficient (Wildman–Crippen LogP) is 3.59. The molecule has 0 radical (unpaired) electrons. The van der Waals surface area contributed by atoms with Crippen molar-refractivity contribution < 1.29 is 27.1 Å². The van der Waals surface area contributed by atoms with Gasteiger partial charge in [-0.25, -0.2) is 9.07 Å². The van der Waals surface area contributed by atoms with Gasteiger partial charge < -0.3 is 15.4 Å². The highest BCUT2D eigenvalue weighted by atomic mass is 19.4. The number of fused-ring (bicyclic) bond motifs is 1. The first-order chi connectivity index (χ1) is 13.8. The third-order valence-corrected chi connectivity index (χ3v) is 5.27. The van der Waals surface area contributed by atoms with Crippen molar-refractivity contribution in [3.05, 3.63) is 47.4 Å². The van der Waals surface area contributed by atoms with Crippen LogP contribution in [0.15, 0.2) is 30.5 Å². The summed E-state index contributed by atoms with van der Waals surface area (Å²) in [7, 11) is 0. The average Bonchev–Trinajstić information content (AvgIpc) is 3.35. The Morgan fingerprint density at radius 2 is 2.07 bits per heavy atom. The first-order valence-electron chi connectivity index (χ1n) is 9.39. The molecule has 1 aromatic carbocycles. The lowest BCUT2D eigenvalue weighted by molar-refractivity contribution is -0.173. The van der Waals surface area contributed by atoms with Crippen molar-refractivity contribution in [1.29, 1.82) is 0 Å². The molecule has 2 aliphatic rings. The zero-order valence-corrected chi connectivity index (χ0v) is 15.4. The minimum Gasteiger partial charge on any atom is -0.376 e. The number of benzene rings is 1. The molecule has 1 amide bonds. The third-order valence-electron chi connectivity index (χ3n) is 5.27. The highest BCUT2D eigenvalue weighted by molar-refractivity contribution is 5.98. The summed E-state index contributed by atoms with van der Waals surface area (Å²) in [6.45, 7) is 0.922. The van der Waals surface area contributed by atoms with E-state index in [1.165, 1.54) is 24.3 Å². The molecule has 156 valence electrons. The van der Waals surface area contributed by atoms with Crippen molar-refractivity contribution in [2.75, 3.05) is 18.5 Å². The highest BCUT2D eigenvalue weighted by Crippen LogP contribution is 2.44. The van der Waals surface area contributed by atoms with Gasteiger partial charge in [0.05, 0.1) is 18.3 Å². The minimum absolute atomic E-state index is 0.00209. The molecular weight excluding hydrogens is 392 g/mol. The molecule has 4 rings (SSSR count). The van der Waals surface area contributed by atoms with E-state index in [1.54, 1.807) is 0 Å². The Bertz CT molecular complexity index is 875. The molecule has 6 nitrogen and oxygen atoms in total. The number of halogens is 4. The fourth-order valence-electron chi connectivity index (χ4n) is 3.75. The Morgan fingerprint density at radius 3 is 2.72 bits per heavy atom. The van der Waals surface area contributed by atoms with Crippen molar-refractivity contribution in [2.45, 2.75) is 43.6 Å². The molecule has 2 aliphatic heterocycles. The van der Waals surface area contributed by atoms with Crippen LogP contribution in [0.2, 0.25) is 0 Å². The van der Waals surface area contributed by atoms with Gasteiger partial charge in [0.2, 0.25) is 0 Å². The molecule has 0 aliphatic carbocycles. The monoisotopic (exact) mass is 412 g/mol. The van der Waals surface area contributed by atoms with Gasteiger partial charge in [-0.15, -0.1) is 0 Å². The number of amides is 1. The van der Waals surface area contributed by atoms with Crippen LogP contribution in [0.5, 0.6) is 0 Å². The first-order valence-corrected chi connectivity index (χ1v) is 9.39. The molecule has 3 heterocycles. The molecule has 0 saturated carbocycles. The maximum absolute atomic E-state index is 13.7. The van der Waals surface area contributed by atoms with Crippen LogP contribution in [0, 0.1) is 5.82 Å². The lowest BCUT2D eigenvalue weighted by Gasteiger charge is -2.34. The van der Waals surface area contributed by atoms with Gasteiger partial charge in [0.25, 0.3) is 5.91 Å². The van der Waals surface area contributed by atoms with E-state index in [1.807, 2.05) is 0 Å². The zero-order valence-electron chi connectivity index (χ0n) is 15.4. The smallest absolute Gasteiger partial charge is 0.376 e. The Balaban J connectivity index is 1.60. The maximum Gasteiger partial charge on any atom is 0.410 e. The SMILES string of the molecule is O=C(NC[C@@H]1CCCO1)c1cnn2c1N[C@H](c1ccc(F)cc1)C[C@@H]2C(F)(F)F. The van der Waals surface area contributed by atoms with Crippen LogP contribution in [-0.4, -0.2) is 41.1 Å². The van der Waals surface area contributed by atoms with Gasteiger partial charge in [0, 0.05) is 19.6 Å². The molecule has 2 aromatic rings. The van der Waals surface area contributed by atoms with Crippen LogP contribution in [0.25, 0.3) is 0 Å². The second kappa shape index (κ2) is 7.66. The van der Waals surface area contributed by atoms with E-state index in [0.717, 1.165) is 23.7 Å². The molecule has 0 bridgehead atoms. The van der Waals surface area contributed by atoms with E-state index < -0.39 is 30.0 Å². The number of hydrogen-bond donors (Lipinski definition) is 2. The summed E-state index contributed by atoms with van der Waals surface area (Å²) in [4.78, 5) is 12.6. The number of hydrogen-bond acceptors (Lipinski definition) is 4. The summed E-state index contributed by atoms with van der Waals surface area (Å²) in [5, 5.41) is 9.51. The van der Waals surface area contributed by atoms with E-state index in [-0.39, 0.29) is 30.5 Å². The zero-order chi connectivity index (χ0) is 20.6. The summed E-state index contributed by atoms with van der Waals surface area (Å²) in [5.41, 5.74) is 0.530. The maximum atomic E-state index is 13.7. The third kappa shape index (κ3) is 4.07. The number of carbonyl (C=O) groups excluding carboxylic acids is 1. The summed E-state index contributed by atoms with van der Waals surface area (Å²) < 4.78 is 60.5. The van der Waals surface area contributed by atoms with E-state index in [9.17, 15) is 22.4 Å². The van der Waals surface area contributed by atoms with Crippen LogP contribution in [0.1, 0.15) is 47.3 Å². The number of nitrogens with zero attached hydrogens (tertiary/aromatic N) is 2. The van der Waals surface area contributed by atoms with E-state index >= 15 is 0 Å². The van der Waals surface area contributed by atoms with Gasteiger partial charge in [0.1, 0.15) is 17.2 Å². The van der Waals surface area contributed by atoms with Gasteiger partial charge in [0.15, 0.2) is 6.04 Å². The number of carbonyl (C=O) groups is 1. The normalized spacial score (nSPS) is 24.1. The number of nitrogens with one attached hydrogen (secondary N) is 2. The van der Waals surface area contributed by atoms with Gasteiger partial charge in [-0.3, -0.25) is 4.79 Å². The van der Waals surface area contributed by atoms with Crippen molar-refractivity contribution >= 4 is 11.7 Å². The molecule has 29 heavy (non-hydrogen) atoms. The fourth-order valence-corrected chi connectivity index (χ4v) is 3.75. The number of anilines is 1. The molecule has 2 N–H and O–H groups in total. The molecular formula is C19H20F4N4O2. The van der Waals surface area contributed by atoms with Crippen LogP contribution in [0.4, 0.5) is 23.4 Å². The van der Waals surface area contributed by atoms with E-state index in [4.69, 9.17) is 4.74 Å². The Labute approximate surface area is 164 Å². The van der Waals surface area contributed by atoms with Crippen LogP contribution < -0.4 is 10.6 Å². The topological polar surface area (TPSA) is 68.2 Å². The number of aromatic nitrogens is 2. The van der Waals surface area contributed by atoms with Crippen LogP contribution in [-0.2, 0) is 4.74 Å². The molecule has 1 fully saturated rings. The summed E-state index contributed by atoms with van der Waals surface area (Å²) in [5.74, 6) is -0.996. The van der Waals surface area contributed by atoms with Crippen molar-refractivity contribution in [1.82, 2.24) is 15.1 Å². The fraction of sp³-hybridized carbons (Fsp3) is 0.474. The standard InChI is InChI=1S/C19H20F4N4O2/c20-12-5-3-11(4-6-12)15-8-16(19(21,22)23)27-17(26-15)14(10-25-27)18(28)24-9-13-2-1-7-29-13/h3-6,10,13,15-16,26H,1-2,7-9H2,(H,24,28)/t13-,15-,16+/m0/s1. The number of ether oxygens (including phenoxy) is 1. The number of rotatable bonds is 4.